The van der Waals surface area contributed by atoms with E-state index in [-0.39, 0.29) is 5.91 Å². The molecular weight excluding hydrogens is 406 g/mol. The zero-order valence-corrected chi connectivity index (χ0v) is 18.6. The lowest BCUT2D eigenvalue weighted by molar-refractivity contribution is -0.131. The fourth-order valence-corrected chi connectivity index (χ4v) is 5.57. The van der Waals surface area contributed by atoms with Gasteiger partial charge < -0.3 is 4.90 Å². The first-order chi connectivity index (χ1) is 15.1. The van der Waals surface area contributed by atoms with Crippen LogP contribution in [-0.4, -0.2) is 27.6 Å². The van der Waals surface area contributed by atoms with Gasteiger partial charge in [-0.25, -0.2) is 4.68 Å². The standard InChI is InChI=1S/C26H28ClN3O/c1-29(25(31)15-21-14-18-7-8-20(21)13-18)16-22-17-30(24-5-3-2-4-6-24)28-26(22)19-9-11-23(27)12-10-19/h2-6,9-12,17-18,20-21H,7-8,13-16H2,1H3. The molecule has 1 amide bonds. The Bertz CT molecular complexity index is 1060. The molecule has 5 rings (SSSR count). The molecule has 0 N–H and O–H groups in total. The van der Waals surface area contributed by atoms with Crippen LogP contribution >= 0.6 is 11.6 Å². The van der Waals surface area contributed by atoms with Crippen LogP contribution in [0.15, 0.2) is 60.8 Å². The highest BCUT2D eigenvalue weighted by Crippen LogP contribution is 2.49. The Balaban J connectivity index is 1.38. The average molecular weight is 434 g/mol. The van der Waals surface area contributed by atoms with Gasteiger partial charge in [0.25, 0.3) is 0 Å². The van der Waals surface area contributed by atoms with Gasteiger partial charge in [0, 0.05) is 42.4 Å². The Morgan fingerprint density at radius 1 is 1.10 bits per heavy atom. The number of carbonyl (C=O) groups is 1. The quantitative estimate of drug-likeness (QED) is 0.479. The zero-order valence-electron chi connectivity index (χ0n) is 17.9. The van der Waals surface area contributed by atoms with Crippen molar-refractivity contribution in [1.82, 2.24) is 14.7 Å². The molecule has 2 bridgehead atoms. The van der Waals surface area contributed by atoms with Crippen molar-refractivity contribution in [2.24, 2.45) is 17.8 Å². The molecular formula is C26H28ClN3O. The van der Waals surface area contributed by atoms with Crippen molar-refractivity contribution in [2.75, 3.05) is 7.05 Å². The molecule has 0 saturated heterocycles. The molecule has 5 heteroatoms. The Labute approximate surface area is 188 Å². The smallest absolute Gasteiger partial charge is 0.222 e. The fourth-order valence-electron chi connectivity index (χ4n) is 5.44. The molecule has 3 atom stereocenters. The SMILES string of the molecule is CN(Cc1cn(-c2ccccc2)nc1-c1ccc(Cl)cc1)C(=O)CC1CC2CCC1C2. The van der Waals surface area contributed by atoms with Gasteiger partial charge in [-0.3, -0.25) is 4.79 Å². The highest BCUT2D eigenvalue weighted by Gasteiger charge is 2.40. The van der Waals surface area contributed by atoms with E-state index in [1.807, 2.05) is 77.4 Å². The van der Waals surface area contributed by atoms with E-state index >= 15 is 0 Å². The van der Waals surface area contributed by atoms with Gasteiger partial charge in [-0.05, 0) is 61.3 Å². The summed E-state index contributed by atoms with van der Waals surface area (Å²) in [5, 5.41) is 5.56. The average Bonchev–Trinajstić information content (AvgIpc) is 3.51. The van der Waals surface area contributed by atoms with Crippen molar-refractivity contribution in [3.05, 3.63) is 71.4 Å². The number of amides is 1. The van der Waals surface area contributed by atoms with E-state index < -0.39 is 0 Å². The Hall–Kier alpha value is -2.59. The second-order valence-electron chi connectivity index (χ2n) is 9.18. The molecule has 0 spiro atoms. The second kappa shape index (κ2) is 8.51. The second-order valence-corrected chi connectivity index (χ2v) is 9.62. The number of para-hydroxylation sites is 1. The third-order valence-corrected chi connectivity index (χ3v) is 7.34. The van der Waals surface area contributed by atoms with Gasteiger partial charge in [0.15, 0.2) is 0 Å². The molecule has 2 aliphatic carbocycles. The van der Waals surface area contributed by atoms with Crippen LogP contribution in [0.1, 0.15) is 37.7 Å². The summed E-state index contributed by atoms with van der Waals surface area (Å²) in [6.07, 6.45) is 7.99. The minimum atomic E-state index is 0.243. The Morgan fingerprint density at radius 3 is 2.55 bits per heavy atom. The minimum absolute atomic E-state index is 0.243. The first-order valence-electron chi connectivity index (χ1n) is 11.2. The molecule has 0 aliphatic heterocycles. The number of nitrogens with zero attached hydrogens (tertiary/aromatic N) is 3. The van der Waals surface area contributed by atoms with Crippen LogP contribution in [0, 0.1) is 17.8 Å². The highest BCUT2D eigenvalue weighted by atomic mass is 35.5. The molecule has 2 saturated carbocycles. The molecule has 2 aliphatic rings. The summed E-state index contributed by atoms with van der Waals surface area (Å²) in [4.78, 5) is 14.9. The number of fused-ring (bicyclic) bond motifs is 2. The number of aromatic nitrogens is 2. The number of hydrogen-bond acceptors (Lipinski definition) is 2. The summed E-state index contributed by atoms with van der Waals surface area (Å²) in [7, 11) is 1.92. The first kappa shape index (κ1) is 20.3. The molecule has 3 aromatic rings. The number of hydrogen-bond donors (Lipinski definition) is 0. The fraction of sp³-hybridized carbons (Fsp3) is 0.385. The van der Waals surface area contributed by atoms with E-state index in [0.717, 1.165) is 34.3 Å². The monoisotopic (exact) mass is 433 g/mol. The third kappa shape index (κ3) is 4.27. The number of carbonyl (C=O) groups excluding carboxylic acids is 1. The van der Waals surface area contributed by atoms with Crippen LogP contribution in [0.2, 0.25) is 5.02 Å². The van der Waals surface area contributed by atoms with Gasteiger partial charge in [0.1, 0.15) is 0 Å². The zero-order chi connectivity index (χ0) is 21.4. The van der Waals surface area contributed by atoms with Crippen molar-refractivity contribution in [3.63, 3.8) is 0 Å². The number of halogens is 1. The summed E-state index contributed by atoms with van der Waals surface area (Å²) in [6.45, 7) is 0.546. The van der Waals surface area contributed by atoms with E-state index in [2.05, 4.69) is 0 Å². The van der Waals surface area contributed by atoms with Crippen LogP contribution in [0.5, 0.6) is 0 Å². The molecule has 4 nitrogen and oxygen atoms in total. The lowest BCUT2D eigenvalue weighted by atomic mass is 9.86. The number of rotatable bonds is 6. The van der Waals surface area contributed by atoms with Gasteiger partial charge in [0.05, 0.1) is 11.4 Å². The van der Waals surface area contributed by atoms with Crippen molar-refractivity contribution < 1.29 is 4.79 Å². The lowest BCUT2D eigenvalue weighted by Gasteiger charge is -2.24. The van der Waals surface area contributed by atoms with E-state index in [1.165, 1.54) is 25.7 Å². The van der Waals surface area contributed by atoms with Crippen LogP contribution in [0.3, 0.4) is 0 Å². The van der Waals surface area contributed by atoms with Crippen LogP contribution < -0.4 is 0 Å². The predicted octanol–water partition coefficient (Wildman–Crippen LogP) is 5.98. The Morgan fingerprint density at radius 2 is 1.87 bits per heavy atom. The molecule has 1 aromatic heterocycles. The highest BCUT2D eigenvalue weighted by molar-refractivity contribution is 6.30. The molecule has 1 heterocycles. The summed E-state index contributed by atoms with van der Waals surface area (Å²) < 4.78 is 1.90. The summed E-state index contributed by atoms with van der Waals surface area (Å²) >= 11 is 6.10. The van der Waals surface area contributed by atoms with E-state index in [4.69, 9.17) is 16.7 Å². The maximum Gasteiger partial charge on any atom is 0.222 e. The molecule has 2 aromatic carbocycles. The van der Waals surface area contributed by atoms with Crippen LogP contribution in [0.25, 0.3) is 16.9 Å². The minimum Gasteiger partial charge on any atom is -0.341 e. The predicted molar refractivity (Wildman–Crippen MR) is 124 cm³/mol. The van der Waals surface area contributed by atoms with Gasteiger partial charge in [0.2, 0.25) is 5.91 Å². The Kier molecular flexibility index (Phi) is 5.58. The summed E-state index contributed by atoms with van der Waals surface area (Å²) in [6, 6.07) is 17.8. The largest absolute Gasteiger partial charge is 0.341 e. The summed E-state index contributed by atoms with van der Waals surface area (Å²) in [5.74, 6) is 2.46. The van der Waals surface area contributed by atoms with E-state index in [9.17, 15) is 4.79 Å². The van der Waals surface area contributed by atoms with Crippen molar-refractivity contribution in [3.8, 4) is 16.9 Å². The lowest BCUT2D eigenvalue weighted by Crippen LogP contribution is -2.29. The molecule has 2 fully saturated rings. The van der Waals surface area contributed by atoms with E-state index in [0.29, 0.717) is 23.9 Å². The maximum atomic E-state index is 13.0. The topological polar surface area (TPSA) is 38.1 Å². The van der Waals surface area contributed by atoms with Gasteiger partial charge in [-0.2, -0.15) is 5.10 Å². The van der Waals surface area contributed by atoms with Crippen molar-refractivity contribution >= 4 is 17.5 Å². The third-order valence-electron chi connectivity index (χ3n) is 7.08. The molecule has 3 unspecified atom stereocenters. The maximum absolute atomic E-state index is 13.0. The first-order valence-corrected chi connectivity index (χ1v) is 11.6. The van der Waals surface area contributed by atoms with Crippen LogP contribution in [-0.2, 0) is 11.3 Å². The van der Waals surface area contributed by atoms with Gasteiger partial charge in [-0.1, -0.05) is 48.4 Å². The van der Waals surface area contributed by atoms with Crippen LogP contribution in [0.4, 0.5) is 0 Å². The normalized spacial score (nSPS) is 22.1. The molecule has 160 valence electrons. The summed E-state index contributed by atoms with van der Waals surface area (Å²) in [5.41, 5.74) is 3.93. The molecule has 31 heavy (non-hydrogen) atoms. The van der Waals surface area contributed by atoms with Crippen molar-refractivity contribution in [1.29, 1.82) is 0 Å². The van der Waals surface area contributed by atoms with Gasteiger partial charge in [-0.15, -0.1) is 0 Å². The molecule has 0 radical (unpaired) electrons. The van der Waals surface area contributed by atoms with Gasteiger partial charge >= 0.3 is 0 Å². The van der Waals surface area contributed by atoms with Crippen molar-refractivity contribution in [2.45, 2.75) is 38.6 Å². The number of benzene rings is 2. The van der Waals surface area contributed by atoms with E-state index in [1.54, 1.807) is 0 Å².